The number of fused-ring (bicyclic) bond motifs is 8. The smallest absolute Gasteiger partial charge is 0.0618 e. The Balaban J connectivity index is 0.932. The molecule has 0 saturated carbocycles. The molecule has 362 valence electrons. The molecule has 0 saturated heterocycles. The van der Waals surface area contributed by atoms with Gasteiger partial charge in [0.25, 0.3) is 0 Å². The van der Waals surface area contributed by atoms with Crippen LogP contribution in [-0.4, -0.2) is 9.13 Å². The van der Waals surface area contributed by atoms with Gasteiger partial charge in [0.1, 0.15) is 0 Å². The number of anilines is 6. The number of hydrogen-bond donors (Lipinski definition) is 0. The summed E-state index contributed by atoms with van der Waals surface area (Å²) in [4.78, 5) is 4.89. The van der Waals surface area contributed by atoms with Gasteiger partial charge in [-0.25, -0.2) is 0 Å². The van der Waals surface area contributed by atoms with Gasteiger partial charge in [-0.3, -0.25) is 0 Å². The zero-order valence-corrected chi connectivity index (χ0v) is 43.0. The average molecular weight is 975 g/mol. The summed E-state index contributed by atoms with van der Waals surface area (Å²) >= 11 is 0. The van der Waals surface area contributed by atoms with Crippen LogP contribution in [-0.2, 0) is 0 Å². The van der Waals surface area contributed by atoms with Crippen LogP contribution in [0.2, 0.25) is 0 Å². The topological polar surface area (TPSA) is 16.3 Å². The minimum atomic E-state index is 1.09. The van der Waals surface area contributed by atoms with E-state index >= 15 is 0 Å². The van der Waals surface area contributed by atoms with Crippen LogP contribution in [0.4, 0.5) is 34.1 Å². The van der Waals surface area contributed by atoms with Crippen LogP contribution in [0.25, 0.3) is 87.7 Å². The quantitative estimate of drug-likeness (QED) is 0.134. The van der Waals surface area contributed by atoms with Crippen LogP contribution in [0.3, 0.4) is 0 Å². The molecular formula is C72H54N4. The molecule has 0 bridgehead atoms. The molecule has 0 fully saturated rings. The summed E-state index contributed by atoms with van der Waals surface area (Å²) in [6.45, 7) is 8.61. The van der Waals surface area contributed by atoms with E-state index in [1.165, 1.54) is 93.0 Å². The standard InChI is InChI=1S/C72H54N4/c1-47-21-31-52(32-22-47)73(57-41-43-69-65(45-57)59-13-9-11-19-67(59)75(69)55-35-25-49(3)26-36-55)53-39-29-51(30-40-53)71-61-15-5-7-17-63(61)72(64-18-8-6-16-62(64)71)74(54-33-23-48(2)24-34-54)58-42-44-70-66(46-58)60-14-10-12-20-68(60)76(70)56-37-27-50(4)28-38-56/h5-46H,1-4H3. The molecule has 0 aliphatic rings. The minimum absolute atomic E-state index is 1.09. The SMILES string of the molecule is Cc1ccc(N(c2ccc(-c3c4ccccc4c(N(c4ccc(C)cc4)c4ccc5c(c4)c4ccccc4n5-c4ccc(C)cc4)c4ccccc34)cc2)c2ccc3c(c2)c2ccccc2n3-c2ccc(C)cc2)cc1. The van der Waals surface area contributed by atoms with Crippen molar-refractivity contribution in [1.29, 1.82) is 0 Å². The Labute approximate surface area is 443 Å². The number of rotatable bonds is 9. The normalized spacial score (nSPS) is 11.7. The highest BCUT2D eigenvalue weighted by atomic mass is 15.2. The second kappa shape index (κ2) is 18.1. The Bertz CT molecular complexity index is 4470. The van der Waals surface area contributed by atoms with Crippen molar-refractivity contribution in [3.05, 3.63) is 277 Å². The number of hydrogen-bond acceptors (Lipinski definition) is 2. The fourth-order valence-electron chi connectivity index (χ4n) is 11.8. The second-order valence-corrected chi connectivity index (χ2v) is 20.5. The van der Waals surface area contributed by atoms with Crippen molar-refractivity contribution < 1.29 is 0 Å². The first-order valence-electron chi connectivity index (χ1n) is 26.3. The summed E-state index contributed by atoms with van der Waals surface area (Å²) in [5, 5.41) is 9.65. The molecule has 0 spiro atoms. The van der Waals surface area contributed by atoms with Gasteiger partial charge in [0.15, 0.2) is 0 Å². The summed E-state index contributed by atoms with van der Waals surface area (Å²) < 4.78 is 4.80. The number of aromatic nitrogens is 2. The Kier molecular flexibility index (Phi) is 10.7. The first-order chi connectivity index (χ1) is 37.3. The van der Waals surface area contributed by atoms with Gasteiger partial charge < -0.3 is 18.9 Å². The van der Waals surface area contributed by atoms with Gasteiger partial charge in [-0.2, -0.15) is 0 Å². The summed E-state index contributed by atoms with van der Waals surface area (Å²) in [7, 11) is 0. The molecule has 4 nitrogen and oxygen atoms in total. The van der Waals surface area contributed by atoms with Crippen molar-refractivity contribution in [2.75, 3.05) is 9.80 Å². The van der Waals surface area contributed by atoms with Gasteiger partial charge in [-0.1, -0.05) is 168 Å². The monoisotopic (exact) mass is 974 g/mol. The van der Waals surface area contributed by atoms with E-state index in [1.54, 1.807) is 0 Å². The first-order valence-corrected chi connectivity index (χ1v) is 26.3. The van der Waals surface area contributed by atoms with Gasteiger partial charge in [0, 0.05) is 72.1 Å². The third kappa shape index (κ3) is 7.44. The van der Waals surface area contributed by atoms with Crippen LogP contribution >= 0.6 is 0 Å². The van der Waals surface area contributed by atoms with E-state index in [9.17, 15) is 0 Å². The lowest BCUT2D eigenvalue weighted by atomic mass is 9.89. The van der Waals surface area contributed by atoms with Crippen molar-refractivity contribution >= 4 is 99.3 Å². The van der Waals surface area contributed by atoms with E-state index in [0.29, 0.717) is 0 Å². The number of aryl methyl sites for hydroxylation is 4. The molecule has 14 rings (SSSR count). The lowest BCUT2D eigenvalue weighted by Crippen LogP contribution is -2.12. The Hall–Kier alpha value is -9.64. The fourth-order valence-corrected chi connectivity index (χ4v) is 11.8. The maximum absolute atomic E-state index is 2.49. The van der Waals surface area contributed by atoms with Crippen LogP contribution < -0.4 is 9.80 Å². The molecule has 14 aromatic rings. The van der Waals surface area contributed by atoms with Gasteiger partial charge >= 0.3 is 0 Å². The van der Waals surface area contributed by atoms with E-state index in [1.807, 2.05) is 0 Å². The van der Waals surface area contributed by atoms with E-state index in [-0.39, 0.29) is 0 Å². The van der Waals surface area contributed by atoms with Crippen LogP contribution in [0, 0.1) is 27.7 Å². The third-order valence-corrected chi connectivity index (χ3v) is 15.5. The number of nitrogens with zero attached hydrogens (tertiary/aromatic N) is 4. The molecule has 12 aromatic carbocycles. The van der Waals surface area contributed by atoms with Gasteiger partial charge in [0.2, 0.25) is 0 Å². The van der Waals surface area contributed by atoms with Crippen LogP contribution in [0.1, 0.15) is 22.3 Å². The molecule has 0 aliphatic carbocycles. The molecule has 2 aromatic heterocycles. The predicted molar refractivity (Wildman–Crippen MR) is 324 cm³/mol. The molecule has 0 N–H and O–H groups in total. The van der Waals surface area contributed by atoms with E-state index in [2.05, 4.69) is 301 Å². The van der Waals surface area contributed by atoms with Gasteiger partial charge in [-0.05, 0) is 159 Å². The molecular weight excluding hydrogens is 921 g/mol. The fraction of sp³-hybridized carbons (Fsp3) is 0.0556. The molecule has 4 heteroatoms. The molecule has 0 amide bonds. The van der Waals surface area contributed by atoms with Crippen LogP contribution in [0.15, 0.2) is 255 Å². The van der Waals surface area contributed by atoms with Gasteiger partial charge in [-0.15, -0.1) is 0 Å². The number of benzene rings is 12. The molecule has 76 heavy (non-hydrogen) atoms. The maximum Gasteiger partial charge on any atom is 0.0618 e. The lowest BCUT2D eigenvalue weighted by Gasteiger charge is -2.30. The Morgan fingerprint density at radius 3 is 1.00 bits per heavy atom. The Morgan fingerprint density at radius 2 is 0.566 bits per heavy atom. The molecule has 0 aliphatic heterocycles. The summed E-state index contributed by atoms with van der Waals surface area (Å²) in [6, 6.07) is 94.4. The third-order valence-electron chi connectivity index (χ3n) is 15.5. The average Bonchev–Trinajstić information content (AvgIpc) is 4.09. The zero-order valence-electron chi connectivity index (χ0n) is 43.0. The summed E-state index contributed by atoms with van der Waals surface area (Å²) in [5.74, 6) is 0. The van der Waals surface area contributed by atoms with Crippen LogP contribution in [0.5, 0.6) is 0 Å². The minimum Gasteiger partial charge on any atom is -0.310 e. The molecule has 2 heterocycles. The largest absolute Gasteiger partial charge is 0.310 e. The van der Waals surface area contributed by atoms with Crippen molar-refractivity contribution in [2.24, 2.45) is 0 Å². The highest BCUT2D eigenvalue weighted by Crippen LogP contribution is 2.50. The second-order valence-electron chi connectivity index (χ2n) is 20.5. The van der Waals surface area contributed by atoms with Crippen molar-refractivity contribution in [3.8, 4) is 22.5 Å². The molecule has 0 unspecified atom stereocenters. The van der Waals surface area contributed by atoms with Crippen molar-refractivity contribution in [3.63, 3.8) is 0 Å². The van der Waals surface area contributed by atoms with E-state index < -0.39 is 0 Å². The van der Waals surface area contributed by atoms with E-state index in [0.717, 1.165) is 51.1 Å². The number of para-hydroxylation sites is 2. The zero-order chi connectivity index (χ0) is 51.0. The maximum atomic E-state index is 2.49. The summed E-state index contributed by atoms with van der Waals surface area (Å²) in [5.41, 5.74) is 21.0. The highest BCUT2D eigenvalue weighted by molar-refractivity contribution is 6.23. The summed E-state index contributed by atoms with van der Waals surface area (Å²) in [6.07, 6.45) is 0. The molecule has 0 radical (unpaired) electrons. The van der Waals surface area contributed by atoms with Crippen molar-refractivity contribution in [1.82, 2.24) is 9.13 Å². The predicted octanol–water partition coefficient (Wildman–Crippen LogP) is 20.0. The Morgan fingerprint density at radius 1 is 0.250 bits per heavy atom. The highest BCUT2D eigenvalue weighted by Gasteiger charge is 2.25. The van der Waals surface area contributed by atoms with E-state index in [4.69, 9.17) is 0 Å². The first kappa shape index (κ1) is 45.0. The molecule has 0 atom stereocenters. The van der Waals surface area contributed by atoms with Gasteiger partial charge in [0.05, 0.1) is 27.8 Å². The lowest BCUT2D eigenvalue weighted by molar-refractivity contribution is 1.17. The van der Waals surface area contributed by atoms with Crippen molar-refractivity contribution in [2.45, 2.75) is 27.7 Å².